The number of pyridine rings is 1. The average Bonchev–Trinajstić information content (AvgIpc) is 2.75. The standard InChI is InChI=1S/C23H26N4O/c1-24-23(27(2)17-20-8-4-3-5-9-20)26-16-19-11-13-22(14-12-19)28-18-21-10-6-7-15-25-21/h3-15H,16-18H2,1-2H3,(H,24,26). The molecule has 0 spiro atoms. The predicted molar refractivity (Wildman–Crippen MR) is 113 cm³/mol. The van der Waals surface area contributed by atoms with Crippen LogP contribution in [0, 0.1) is 0 Å². The molecule has 0 saturated heterocycles. The van der Waals surface area contributed by atoms with Crippen LogP contribution in [-0.2, 0) is 19.7 Å². The van der Waals surface area contributed by atoms with Crippen LogP contribution >= 0.6 is 0 Å². The summed E-state index contributed by atoms with van der Waals surface area (Å²) in [6, 6.07) is 24.3. The molecule has 0 amide bonds. The van der Waals surface area contributed by atoms with E-state index in [-0.39, 0.29) is 0 Å². The molecule has 0 saturated carbocycles. The van der Waals surface area contributed by atoms with Gasteiger partial charge in [-0.3, -0.25) is 9.98 Å². The zero-order valence-electron chi connectivity index (χ0n) is 16.4. The molecule has 5 heteroatoms. The molecule has 0 aliphatic carbocycles. The van der Waals surface area contributed by atoms with Gasteiger partial charge in [0.1, 0.15) is 12.4 Å². The van der Waals surface area contributed by atoms with Gasteiger partial charge in [0.15, 0.2) is 5.96 Å². The fourth-order valence-electron chi connectivity index (χ4n) is 2.84. The van der Waals surface area contributed by atoms with E-state index in [1.165, 1.54) is 11.1 Å². The Hall–Kier alpha value is -3.34. The Labute approximate surface area is 166 Å². The lowest BCUT2D eigenvalue weighted by Gasteiger charge is -2.22. The Kier molecular flexibility index (Phi) is 7.01. The van der Waals surface area contributed by atoms with Crippen molar-refractivity contribution in [2.45, 2.75) is 19.7 Å². The summed E-state index contributed by atoms with van der Waals surface area (Å²) in [6.07, 6.45) is 1.77. The Balaban J connectivity index is 1.49. The molecule has 3 aromatic rings. The maximum Gasteiger partial charge on any atom is 0.193 e. The minimum absolute atomic E-state index is 0.468. The summed E-state index contributed by atoms with van der Waals surface area (Å²) in [5.41, 5.74) is 3.33. The maximum absolute atomic E-state index is 5.78. The fraction of sp³-hybridized carbons (Fsp3) is 0.217. The lowest BCUT2D eigenvalue weighted by Crippen LogP contribution is -2.38. The predicted octanol–water partition coefficient (Wildman–Crippen LogP) is 3.87. The summed E-state index contributed by atoms with van der Waals surface area (Å²) in [6.45, 7) is 1.97. The third-order valence-electron chi connectivity index (χ3n) is 4.32. The lowest BCUT2D eigenvalue weighted by molar-refractivity contribution is 0.301. The van der Waals surface area contributed by atoms with Crippen LogP contribution in [0.1, 0.15) is 16.8 Å². The second-order valence-corrected chi connectivity index (χ2v) is 6.50. The van der Waals surface area contributed by atoms with Gasteiger partial charge >= 0.3 is 0 Å². The Morgan fingerprint density at radius 2 is 1.71 bits per heavy atom. The topological polar surface area (TPSA) is 49.8 Å². The number of rotatable bonds is 7. The second kappa shape index (κ2) is 10.1. The van der Waals surface area contributed by atoms with Gasteiger partial charge in [0.25, 0.3) is 0 Å². The van der Waals surface area contributed by atoms with Gasteiger partial charge in [-0.1, -0.05) is 48.5 Å². The monoisotopic (exact) mass is 374 g/mol. The normalized spacial score (nSPS) is 11.1. The van der Waals surface area contributed by atoms with E-state index >= 15 is 0 Å². The largest absolute Gasteiger partial charge is 0.487 e. The number of nitrogens with one attached hydrogen (secondary N) is 1. The molecule has 1 aromatic heterocycles. The van der Waals surface area contributed by atoms with Crippen LogP contribution in [0.3, 0.4) is 0 Å². The first kappa shape index (κ1) is 19.4. The van der Waals surface area contributed by atoms with Gasteiger partial charge in [0.05, 0.1) is 5.69 Å². The highest BCUT2D eigenvalue weighted by Gasteiger charge is 2.06. The molecule has 1 N–H and O–H groups in total. The molecular weight excluding hydrogens is 348 g/mol. The highest BCUT2D eigenvalue weighted by Crippen LogP contribution is 2.14. The summed E-state index contributed by atoms with van der Waals surface area (Å²) in [4.78, 5) is 10.8. The molecule has 0 aliphatic heterocycles. The van der Waals surface area contributed by atoms with E-state index in [4.69, 9.17) is 4.74 Å². The molecule has 0 radical (unpaired) electrons. The quantitative estimate of drug-likeness (QED) is 0.504. The summed E-state index contributed by atoms with van der Waals surface area (Å²) >= 11 is 0. The smallest absolute Gasteiger partial charge is 0.193 e. The van der Waals surface area contributed by atoms with Gasteiger partial charge in [-0.05, 0) is 35.4 Å². The highest BCUT2D eigenvalue weighted by atomic mass is 16.5. The summed E-state index contributed by atoms with van der Waals surface area (Å²) < 4.78 is 5.78. The minimum atomic E-state index is 0.468. The lowest BCUT2D eigenvalue weighted by atomic mass is 10.2. The van der Waals surface area contributed by atoms with E-state index in [2.05, 4.69) is 56.6 Å². The van der Waals surface area contributed by atoms with Crippen LogP contribution in [0.15, 0.2) is 84.0 Å². The maximum atomic E-state index is 5.78. The van der Waals surface area contributed by atoms with Crippen molar-refractivity contribution in [1.82, 2.24) is 15.2 Å². The molecule has 28 heavy (non-hydrogen) atoms. The van der Waals surface area contributed by atoms with Crippen molar-refractivity contribution in [2.24, 2.45) is 4.99 Å². The van der Waals surface area contributed by atoms with Crippen LogP contribution in [0.4, 0.5) is 0 Å². The SMILES string of the molecule is CN=C(NCc1ccc(OCc2ccccn2)cc1)N(C)Cc1ccccc1. The van der Waals surface area contributed by atoms with E-state index in [0.29, 0.717) is 13.2 Å². The van der Waals surface area contributed by atoms with Gasteiger partial charge in [-0.15, -0.1) is 0 Å². The summed E-state index contributed by atoms with van der Waals surface area (Å²) in [5, 5.41) is 3.41. The Morgan fingerprint density at radius 3 is 2.39 bits per heavy atom. The third kappa shape index (κ3) is 5.84. The van der Waals surface area contributed by atoms with Crippen LogP contribution in [0.25, 0.3) is 0 Å². The number of aliphatic imine (C=N–C) groups is 1. The van der Waals surface area contributed by atoms with E-state index in [1.54, 1.807) is 13.2 Å². The zero-order chi connectivity index (χ0) is 19.6. The molecular formula is C23H26N4O. The number of hydrogen-bond acceptors (Lipinski definition) is 3. The third-order valence-corrected chi connectivity index (χ3v) is 4.32. The second-order valence-electron chi connectivity index (χ2n) is 6.50. The van der Waals surface area contributed by atoms with Gasteiger partial charge in [-0.2, -0.15) is 0 Å². The molecule has 0 atom stereocenters. The number of ether oxygens (including phenoxy) is 1. The van der Waals surface area contributed by atoms with Crippen LogP contribution in [0.2, 0.25) is 0 Å². The van der Waals surface area contributed by atoms with Crippen LogP contribution in [-0.4, -0.2) is 29.9 Å². The molecule has 0 bridgehead atoms. The molecule has 2 aromatic carbocycles. The summed E-state index contributed by atoms with van der Waals surface area (Å²) in [7, 11) is 3.84. The van der Waals surface area contributed by atoms with E-state index < -0.39 is 0 Å². The number of guanidine groups is 1. The van der Waals surface area contributed by atoms with Crippen molar-refractivity contribution in [3.05, 3.63) is 95.8 Å². The Bertz CT molecular complexity index is 864. The van der Waals surface area contributed by atoms with Crippen molar-refractivity contribution < 1.29 is 4.74 Å². The van der Waals surface area contributed by atoms with Crippen molar-refractivity contribution >= 4 is 5.96 Å². The van der Waals surface area contributed by atoms with Gasteiger partial charge in [0, 0.05) is 33.4 Å². The Morgan fingerprint density at radius 1 is 0.964 bits per heavy atom. The van der Waals surface area contributed by atoms with Gasteiger partial charge in [0.2, 0.25) is 0 Å². The van der Waals surface area contributed by atoms with E-state index in [0.717, 1.165) is 23.9 Å². The molecule has 1 heterocycles. The molecule has 144 valence electrons. The van der Waals surface area contributed by atoms with Crippen molar-refractivity contribution in [2.75, 3.05) is 14.1 Å². The van der Waals surface area contributed by atoms with Crippen molar-refractivity contribution in [3.63, 3.8) is 0 Å². The minimum Gasteiger partial charge on any atom is -0.487 e. The van der Waals surface area contributed by atoms with Crippen LogP contribution in [0.5, 0.6) is 5.75 Å². The zero-order valence-corrected chi connectivity index (χ0v) is 16.4. The number of benzene rings is 2. The van der Waals surface area contributed by atoms with Gasteiger partial charge < -0.3 is 15.0 Å². The average molecular weight is 374 g/mol. The molecule has 3 rings (SSSR count). The molecule has 0 fully saturated rings. The fourth-order valence-corrected chi connectivity index (χ4v) is 2.84. The first-order valence-electron chi connectivity index (χ1n) is 9.32. The first-order valence-corrected chi connectivity index (χ1v) is 9.32. The van der Waals surface area contributed by atoms with Crippen molar-refractivity contribution in [1.29, 1.82) is 0 Å². The van der Waals surface area contributed by atoms with Crippen molar-refractivity contribution in [3.8, 4) is 5.75 Å². The first-order chi connectivity index (χ1) is 13.7. The molecule has 5 nitrogen and oxygen atoms in total. The number of aromatic nitrogens is 1. The van der Waals surface area contributed by atoms with E-state index in [1.807, 2.05) is 43.4 Å². The van der Waals surface area contributed by atoms with Gasteiger partial charge in [-0.25, -0.2) is 0 Å². The van der Waals surface area contributed by atoms with Crippen LogP contribution < -0.4 is 10.1 Å². The number of nitrogens with zero attached hydrogens (tertiary/aromatic N) is 3. The van der Waals surface area contributed by atoms with E-state index in [9.17, 15) is 0 Å². The molecule has 0 aliphatic rings. The highest BCUT2D eigenvalue weighted by molar-refractivity contribution is 5.79. The summed E-state index contributed by atoms with van der Waals surface area (Å²) in [5.74, 6) is 1.69. The number of hydrogen-bond donors (Lipinski definition) is 1. The molecule has 0 unspecified atom stereocenters.